The summed E-state index contributed by atoms with van der Waals surface area (Å²) in [4.78, 5) is 35.3. The van der Waals surface area contributed by atoms with Crippen LogP contribution >= 0.6 is 0 Å². The average molecular weight is 440 g/mol. The molecule has 172 valence electrons. The van der Waals surface area contributed by atoms with Crippen molar-refractivity contribution >= 4 is 17.1 Å². The van der Waals surface area contributed by atoms with Gasteiger partial charge in [-0.1, -0.05) is 30.3 Å². The average Bonchev–Trinajstić information content (AvgIpc) is 3.16. The third-order valence-electron chi connectivity index (χ3n) is 6.19. The van der Waals surface area contributed by atoms with Crippen LogP contribution in [0.5, 0.6) is 0 Å². The van der Waals surface area contributed by atoms with Gasteiger partial charge < -0.3 is 20.1 Å². The molecule has 0 amide bonds. The molecule has 0 bridgehead atoms. The molecule has 2 N–H and O–H groups in total. The minimum absolute atomic E-state index is 0.0740. The van der Waals surface area contributed by atoms with Crippen molar-refractivity contribution in [3.63, 3.8) is 0 Å². The lowest BCUT2D eigenvalue weighted by molar-refractivity contribution is 0.380. The lowest BCUT2D eigenvalue weighted by Crippen LogP contribution is -2.44. The molecule has 1 aromatic carbocycles. The van der Waals surface area contributed by atoms with Crippen molar-refractivity contribution < 1.29 is 0 Å². The van der Waals surface area contributed by atoms with Crippen molar-refractivity contribution in [1.82, 2.24) is 23.6 Å². The van der Waals surface area contributed by atoms with Gasteiger partial charge in [-0.05, 0) is 38.9 Å². The summed E-state index contributed by atoms with van der Waals surface area (Å²) in [7, 11) is 5.47. The fourth-order valence-corrected chi connectivity index (χ4v) is 4.38. The van der Waals surface area contributed by atoms with Gasteiger partial charge >= 0.3 is 5.69 Å². The van der Waals surface area contributed by atoms with E-state index in [1.165, 1.54) is 10.1 Å². The van der Waals surface area contributed by atoms with E-state index in [2.05, 4.69) is 17.0 Å². The third kappa shape index (κ3) is 4.35. The van der Waals surface area contributed by atoms with E-state index in [0.29, 0.717) is 37.3 Å². The van der Waals surface area contributed by atoms with Gasteiger partial charge in [-0.2, -0.15) is 4.98 Å². The van der Waals surface area contributed by atoms with Crippen molar-refractivity contribution in [3.8, 4) is 0 Å². The summed E-state index contributed by atoms with van der Waals surface area (Å²) < 4.78 is 4.82. The Bertz CT molecular complexity index is 1190. The minimum atomic E-state index is -0.334. The molecule has 0 radical (unpaired) electrons. The summed E-state index contributed by atoms with van der Waals surface area (Å²) in [5.41, 5.74) is 7.75. The highest BCUT2D eigenvalue weighted by Crippen LogP contribution is 2.23. The zero-order valence-electron chi connectivity index (χ0n) is 19.2. The predicted molar refractivity (Wildman–Crippen MR) is 127 cm³/mol. The summed E-state index contributed by atoms with van der Waals surface area (Å²) in [6.07, 6.45) is 2.73. The Balaban J connectivity index is 1.87. The Kier molecular flexibility index (Phi) is 6.48. The van der Waals surface area contributed by atoms with Gasteiger partial charge in [0.25, 0.3) is 5.56 Å². The van der Waals surface area contributed by atoms with E-state index >= 15 is 0 Å². The van der Waals surface area contributed by atoms with Gasteiger partial charge in [-0.25, -0.2) is 4.79 Å². The molecule has 32 heavy (non-hydrogen) atoms. The summed E-state index contributed by atoms with van der Waals surface area (Å²) in [6.45, 7) is 3.27. The Morgan fingerprint density at radius 1 is 1.12 bits per heavy atom. The molecule has 0 aliphatic carbocycles. The second kappa shape index (κ2) is 9.30. The Hall–Kier alpha value is -2.91. The second-order valence-corrected chi connectivity index (χ2v) is 8.92. The number of benzene rings is 1. The van der Waals surface area contributed by atoms with Crippen LogP contribution in [0.25, 0.3) is 11.2 Å². The molecule has 4 rings (SSSR count). The molecule has 1 saturated heterocycles. The molecule has 1 atom stereocenters. The first-order valence-electron chi connectivity index (χ1n) is 11.3. The Labute approximate surface area is 187 Å². The van der Waals surface area contributed by atoms with E-state index in [9.17, 15) is 9.59 Å². The van der Waals surface area contributed by atoms with Crippen LogP contribution in [0.3, 0.4) is 0 Å². The van der Waals surface area contributed by atoms with E-state index in [1.54, 1.807) is 11.6 Å². The summed E-state index contributed by atoms with van der Waals surface area (Å²) in [5, 5.41) is 0. The highest BCUT2D eigenvalue weighted by molar-refractivity contribution is 5.74. The van der Waals surface area contributed by atoms with E-state index < -0.39 is 0 Å². The number of fused-ring (bicyclic) bond motifs is 1. The maximum atomic E-state index is 13.3. The number of aryl methyl sites for hydroxylation is 2. The number of rotatable bonds is 7. The van der Waals surface area contributed by atoms with Crippen LogP contribution < -0.4 is 21.9 Å². The van der Waals surface area contributed by atoms with Crippen molar-refractivity contribution in [2.24, 2.45) is 12.8 Å². The van der Waals surface area contributed by atoms with E-state index in [0.717, 1.165) is 31.8 Å². The molecule has 9 nitrogen and oxygen atoms in total. The number of hydrogen-bond acceptors (Lipinski definition) is 6. The van der Waals surface area contributed by atoms with E-state index in [4.69, 9.17) is 10.7 Å². The first-order chi connectivity index (χ1) is 15.4. The van der Waals surface area contributed by atoms with Gasteiger partial charge in [0.2, 0.25) is 5.95 Å². The number of nitrogens with zero attached hydrogens (tertiary/aromatic N) is 6. The van der Waals surface area contributed by atoms with Crippen LogP contribution in [0.1, 0.15) is 18.4 Å². The number of hydrogen-bond donors (Lipinski definition) is 1. The molecule has 1 aliphatic rings. The number of piperidine rings is 1. The van der Waals surface area contributed by atoms with Crippen LogP contribution in [0.4, 0.5) is 5.95 Å². The van der Waals surface area contributed by atoms with Crippen molar-refractivity contribution in [1.29, 1.82) is 0 Å². The van der Waals surface area contributed by atoms with Gasteiger partial charge in [0.1, 0.15) is 0 Å². The van der Waals surface area contributed by atoms with Crippen LogP contribution in [0.15, 0.2) is 39.9 Å². The second-order valence-electron chi connectivity index (χ2n) is 8.92. The molecule has 0 spiro atoms. The van der Waals surface area contributed by atoms with E-state index in [1.807, 2.05) is 41.8 Å². The maximum Gasteiger partial charge on any atom is 0.332 e. The van der Waals surface area contributed by atoms with Crippen LogP contribution in [0.2, 0.25) is 0 Å². The molecular weight excluding hydrogens is 406 g/mol. The van der Waals surface area contributed by atoms with Crippen molar-refractivity contribution in [2.75, 3.05) is 38.6 Å². The predicted octanol–water partition coefficient (Wildman–Crippen LogP) is 0.629. The molecule has 1 aliphatic heterocycles. The highest BCUT2D eigenvalue weighted by Gasteiger charge is 2.26. The fourth-order valence-electron chi connectivity index (χ4n) is 4.38. The van der Waals surface area contributed by atoms with Crippen LogP contribution in [0, 0.1) is 0 Å². The molecule has 3 heterocycles. The monoisotopic (exact) mass is 439 g/mol. The van der Waals surface area contributed by atoms with Gasteiger partial charge in [0.05, 0.1) is 0 Å². The smallest absolute Gasteiger partial charge is 0.332 e. The Morgan fingerprint density at radius 2 is 1.88 bits per heavy atom. The van der Waals surface area contributed by atoms with Crippen LogP contribution in [-0.2, 0) is 26.6 Å². The molecule has 1 unspecified atom stereocenters. The molecule has 1 fully saturated rings. The quantitative estimate of drug-likeness (QED) is 0.580. The number of imidazole rings is 1. The first-order valence-corrected chi connectivity index (χ1v) is 11.3. The molecular formula is C23H33N7O2. The normalized spacial score (nSPS) is 16.9. The molecule has 3 aromatic rings. The molecule has 2 aromatic heterocycles. The molecule has 0 saturated carbocycles. The van der Waals surface area contributed by atoms with Crippen molar-refractivity contribution in [3.05, 3.63) is 56.7 Å². The topological polar surface area (TPSA) is 94.3 Å². The van der Waals surface area contributed by atoms with Gasteiger partial charge in [0, 0.05) is 45.8 Å². The summed E-state index contributed by atoms with van der Waals surface area (Å²) in [6, 6.07) is 10.3. The third-order valence-corrected chi connectivity index (χ3v) is 6.19. The Morgan fingerprint density at radius 3 is 2.56 bits per heavy atom. The number of anilines is 1. The zero-order valence-corrected chi connectivity index (χ0v) is 19.2. The van der Waals surface area contributed by atoms with Crippen molar-refractivity contribution in [2.45, 2.75) is 38.4 Å². The largest absolute Gasteiger partial charge is 0.341 e. The number of nitrogens with two attached hydrogens (primary N) is 1. The fraction of sp³-hybridized carbons (Fsp3) is 0.522. The van der Waals surface area contributed by atoms with Gasteiger partial charge in [-0.15, -0.1) is 0 Å². The lowest BCUT2D eigenvalue weighted by Gasteiger charge is -2.31. The summed E-state index contributed by atoms with van der Waals surface area (Å²) >= 11 is 0. The SMILES string of the molecule is CN(C)CCn1c(=O)n(C)c(=O)c2c1nc(N1CCCC(N)C1)n2CCc1ccccc1. The molecule has 9 heteroatoms. The highest BCUT2D eigenvalue weighted by atomic mass is 16.2. The number of likely N-dealkylation sites (N-methyl/N-ethyl adjacent to an activating group) is 1. The van der Waals surface area contributed by atoms with Gasteiger partial charge in [-0.3, -0.25) is 13.9 Å². The van der Waals surface area contributed by atoms with Gasteiger partial charge in [0.15, 0.2) is 11.2 Å². The number of aromatic nitrogens is 4. The first kappa shape index (κ1) is 22.3. The minimum Gasteiger partial charge on any atom is -0.341 e. The van der Waals surface area contributed by atoms with E-state index in [-0.39, 0.29) is 17.3 Å². The lowest BCUT2D eigenvalue weighted by atomic mass is 10.1. The maximum absolute atomic E-state index is 13.3. The van der Waals surface area contributed by atoms with Crippen LogP contribution in [-0.4, -0.2) is 63.4 Å². The standard InChI is InChI=1S/C23H33N7O2/c1-26(2)14-15-30-20-19(21(31)27(3)23(30)32)29(13-11-17-8-5-4-6-9-17)22(25-20)28-12-7-10-18(24)16-28/h4-6,8-9,18H,7,10-16,24H2,1-3H3. The zero-order chi connectivity index (χ0) is 22.8. The summed E-state index contributed by atoms with van der Waals surface area (Å²) in [5.74, 6) is 0.729.